The lowest BCUT2D eigenvalue weighted by Crippen LogP contribution is -2.59. The summed E-state index contributed by atoms with van der Waals surface area (Å²) in [5.41, 5.74) is 0.632. The maximum absolute atomic E-state index is 14.9. The second kappa shape index (κ2) is 19.0. The molecule has 292 valence electrons. The van der Waals surface area contributed by atoms with Crippen LogP contribution in [-0.4, -0.2) is 84.7 Å². The zero-order chi connectivity index (χ0) is 40.9. The molecule has 3 aromatic rings. The number of ether oxygens (including phenoxy) is 1. The van der Waals surface area contributed by atoms with Gasteiger partial charge in [-0.1, -0.05) is 44.2 Å². The molecule has 0 radical (unpaired) electrons. The first-order chi connectivity index (χ1) is 25.9. The van der Waals surface area contributed by atoms with Crippen LogP contribution in [0, 0.1) is 17.2 Å². The molecule has 0 aliphatic carbocycles. The Hall–Kier alpha value is -6.45. The van der Waals surface area contributed by atoms with E-state index in [2.05, 4.69) is 26.3 Å². The molecule has 5 amide bonds. The van der Waals surface area contributed by atoms with Gasteiger partial charge in [-0.15, -0.1) is 0 Å². The van der Waals surface area contributed by atoms with Crippen LogP contribution in [0.2, 0.25) is 0 Å². The highest BCUT2D eigenvalue weighted by Gasteiger charge is 2.52. The normalized spacial score (nSPS) is 12.9. The second-order valence-electron chi connectivity index (χ2n) is 12.2. The van der Waals surface area contributed by atoms with Crippen LogP contribution in [0.3, 0.4) is 0 Å². The first kappa shape index (κ1) is 43.0. The molecule has 19 heteroatoms. The Morgan fingerprint density at radius 1 is 0.855 bits per heavy atom. The zero-order valence-corrected chi connectivity index (χ0v) is 29.5. The SMILES string of the molecule is COc1ccc(C(NC(=O)C(Cc2cccc(C#N)c2)NC(=O)CNC(=O)c2ccccn2)C(=O)N[C@H](C(=O)C(F)(F)C(=O)NCC(F)(F)F)C(C)C)cc1. The summed E-state index contributed by atoms with van der Waals surface area (Å²) in [6.45, 7) is -0.320. The number of carbonyl (C=O) groups is 6. The Morgan fingerprint density at radius 3 is 2.13 bits per heavy atom. The van der Waals surface area contributed by atoms with E-state index in [4.69, 9.17) is 4.74 Å². The van der Waals surface area contributed by atoms with E-state index in [1.807, 2.05) is 6.07 Å². The molecule has 1 heterocycles. The summed E-state index contributed by atoms with van der Waals surface area (Å²) >= 11 is 0. The van der Waals surface area contributed by atoms with Gasteiger partial charge in [-0.25, -0.2) is 0 Å². The van der Waals surface area contributed by atoms with E-state index in [1.165, 1.54) is 75.7 Å². The van der Waals surface area contributed by atoms with Crippen LogP contribution in [0.1, 0.15) is 47.1 Å². The van der Waals surface area contributed by atoms with Gasteiger partial charge in [-0.2, -0.15) is 27.2 Å². The molecule has 14 nitrogen and oxygen atoms in total. The summed E-state index contributed by atoms with van der Waals surface area (Å²) in [6, 6.07) is 12.5. The van der Waals surface area contributed by atoms with Gasteiger partial charge in [-0.3, -0.25) is 33.8 Å². The van der Waals surface area contributed by atoms with Gasteiger partial charge in [0.2, 0.25) is 23.5 Å². The number of aromatic nitrogens is 1. The van der Waals surface area contributed by atoms with E-state index in [1.54, 1.807) is 18.2 Å². The first-order valence-corrected chi connectivity index (χ1v) is 16.4. The predicted molar refractivity (Wildman–Crippen MR) is 183 cm³/mol. The Bertz CT molecular complexity index is 1900. The number of amides is 5. The number of ketones is 1. The van der Waals surface area contributed by atoms with Gasteiger partial charge >= 0.3 is 12.1 Å². The summed E-state index contributed by atoms with van der Waals surface area (Å²) in [6.07, 6.45) is -3.96. The van der Waals surface area contributed by atoms with E-state index in [0.29, 0.717) is 11.3 Å². The molecule has 0 saturated heterocycles. The highest BCUT2D eigenvalue weighted by Crippen LogP contribution is 2.24. The Labute approximate surface area is 311 Å². The van der Waals surface area contributed by atoms with Gasteiger partial charge in [0, 0.05) is 12.6 Å². The van der Waals surface area contributed by atoms with Crippen LogP contribution >= 0.6 is 0 Å². The average molecular weight is 774 g/mol. The van der Waals surface area contributed by atoms with E-state index in [9.17, 15) is 56.0 Å². The Morgan fingerprint density at radius 2 is 1.55 bits per heavy atom. The van der Waals surface area contributed by atoms with Crippen molar-refractivity contribution in [3.05, 3.63) is 95.3 Å². The van der Waals surface area contributed by atoms with Gasteiger partial charge in [-0.05, 0) is 53.4 Å². The number of nitriles is 1. The number of nitrogens with one attached hydrogen (secondary N) is 5. The minimum absolute atomic E-state index is 0.00383. The largest absolute Gasteiger partial charge is 0.497 e. The van der Waals surface area contributed by atoms with Crippen molar-refractivity contribution in [1.82, 2.24) is 31.6 Å². The minimum atomic E-state index is -5.06. The molecule has 5 N–H and O–H groups in total. The van der Waals surface area contributed by atoms with Gasteiger partial charge in [0.05, 0.1) is 31.3 Å². The van der Waals surface area contributed by atoms with Gasteiger partial charge in [0.1, 0.15) is 30.1 Å². The molecular weight excluding hydrogens is 737 g/mol. The van der Waals surface area contributed by atoms with Crippen molar-refractivity contribution in [1.29, 1.82) is 5.26 Å². The summed E-state index contributed by atoms with van der Waals surface area (Å²) in [5.74, 6) is -14.4. The Kier molecular flexibility index (Phi) is 14.9. The number of carbonyl (C=O) groups excluding carboxylic acids is 6. The topological polar surface area (TPSA) is 208 Å². The quantitative estimate of drug-likeness (QED) is 0.101. The second-order valence-corrected chi connectivity index (χ2v) is 12.2. The fourth-order valence-corrected chi connectivity index (χ4v) is 4.92. The molecule has 0 bridgehead atoms. The van der Waals surface area contributed by atoms with Crippen LogP contribution in [0.5, 0.6) is 5.75 Å². The van der Waals surface area contributed by atoms with Crippen molar-refractivity contribution in [2.75, 3.05) is 20.2 Å². The number of methoxy groups -OCH3 is 1. The number of Topliss-reactive ketones (excluding diaryl/α,β-unsaturated/α-hetero) is 1. The third kappa shape index (κ3) is 12.6. The maximum atomic E-state index is 14.9. The molecule has 0 aliphatic rings. The van der Waals surface area contributed by atoms with Crippen molar-refractivity contribution < 1.29 is 55.5 Å². The first-order valence-electron chi connectivity index (χ1n) is 16.4. The van der Waals surface area contributed by atoms with Crippen molar-refractivity contribution in [2.24, 2.45) is 5.92 Å². The lowest BCUT2D eigenvalue weighted by Gasteiger charge is -2.28. The molecule has 0 saturated carbocycles. The zero-order valence-electron chi connectivity index (χ0n) is 29.5. The fraction of sp³-hybridized carbons (Fsp3) is 0.333. The summed E-state index contributed by atoms with van der Waals surface area (Å²) in [7, 11) is 1.35. The van der Waals surface area contributed by atoms with E-state index in [0.717, 1.165) is 5.32 Å². The number of pyridine rings is 1. The number of hydrogen-bond acceptors (Lipinski definition) is 9. The third-order valence-electron chi connectivity index (χ3n) is 7.74. The van der Waals surface area contributed by atoms with Crippen LogP contribution in [0.15, 0.2) is 72.9 Å². The molecule has 0 spiro atoms. The minimum Gasteiger partial charge on any atom is -0.497 e. The highest BCUT2D eigenvalue weighted by atomic mass is 19.4. The number of alkyl halides is 5. The molecule has 0 aliphatic heterocycles. The molecule has 2 unspecified atom stereocenters. The highest BCUT2D eigenvalue weighted by molar-refractivity contribution is 6.10. The van der Waals surface area contributed by atoms with E-state index >= 15 is 0 Å². The van der Waals surface area contributed by atoms with Crippen molar-refractivity contribution in [3.63, 3.8) is 0 Å². The summed E-state index contributed by atoms with van der Waals surface area (Å²) < 4.78 is 72.7. The molecule has 55 heavy (non-hydrogen) atoms. The number of rotatable bonds is 17. The number of hydrogen-bond donors (Lipinski definition) is 5. The molecule has 3 atom stereocenters. The van der Waals surface area contributed by atoms with Crippen molar-refractivity contribution in [2.45, 2.75) is 50.5 Å². The molecule has 1 aromatic heterocycles. The predicted octanol–water partition coefficient (Wildman–Crippen LogP) is 2.30. The van der Waals surface area contributed by atoms with Crippen molar-refractivity contribution in [3.8, 4) is 11.8 Å². The molecular formula is C36H36F5N7O7. The number of benzene rings is 2. The summed E-state index contributed by atoms with van der Waals surface area (Å²) in [5, 5.41) is 19.6. The average Bonchev–Trinajstić information content (AvgIpc) is 3.16. The van der Waals surface area contributed by atoms with Crippen LogP contribution < -0.4 is 31.3 Å². The van der Waals surface area contributed by atoms with Gasteiger partial charge < -0.3 is 31.3 Å². The lowest BCUT2D eigenvalue weighted by molar-refractivity contribution is -0.165. The third-order valence-corrected chi connectivity index (χ3v) is 7.74. The summed E-state index contributed by atoms with van der Waals surface area (Å²) in [4.78, 5) is 82.1. The maximum Gasteiger partial charge on any atom is 0.405 e. The van der Waals surface area contributed by atoms with Gasteiger partial charge in [0.15, 0.2) is 0 Å². The van der Waals surface area contributed by atoms with Crippen molar-refractivity contribution >= 4 is 35.3 Å². The molecule has 3 rings (SSSR count). The smallest absolute Gasteiger partial charge is 0.405 e. The lowest BCUT2D eigenvalue weighted by atomic mass is 9.94. The van der Waals surface area contributed by atoms with E-state index in [-0.39, 0.29) is 23.2 Å². The van der Waals surface area contributed by atoms with Gasteiger partial charge in [0.25, 0.3) is 11.8 Å². The van der Waals surface area contributed by atoms with Crippen LogP contribution in [-0.2, 0) is 30.4 Å². The number of halogens is 5. The molecule has 2 aromatic carbocycles. The fourth-order valence-electron chi connectivity index (χ4n) is 4.92. The van der Waals surface area contributed by atoms with Crippen LogP contribution in [0.25, 0.3) is 0 Å². The number of nitrogens with zero attached hydrogens (tertiary/aromatic N) is 2. The Balaban J connectivity index is 1.93. The molecule has 0 fully saturated rings. The van der Waals surface area contributed by atoms with E-state index < -0.39 is 84.6 Å². The monoisotopic (exact) mass is 773 g/mol. The standard InChI is InChI=1S/C36H36F5N7O7/c1-20(2)28(30(50)36(40,41)34(54)45-19-35(37,38)39)47-33(53)29(23-10-12-24(55-3)13-11-23)48-32(52)26(16-21-7-6-8-22(15-21)17-42)46-27(49)18-44-31(51)25-9-4-5-14-43-25/h4-15,20,26,28-29H,16,18-19H2,1-3H3,(H,44,51)(H,45,54)(H,46,49)(H,47,53)(H,48,52)/t26?,28-,29?/m0/s1. The van der Waals surface area contributed by atoms with Crippen LogP contribution in [0.4, 0.5) is 22.0 Å².